The van der Waals surface area contributed by atoms with Crippen molar-refractivity contribution in [3.8, 4) is 34.5 Å². The molecule has 5 aromatic carbocycles. The van der Waals surface area contributed by atoms with Gasteiger partial charge in [-0.15, -0.1) is 0 Å². The predicted molar refractivity (Wildman–Crippen MR) is 258 cm³/mol. The molecule has 0 fully saturated rings. The first-order valence-corrected chi connectivity index (χ1v) is 22.7. The molecule has 2 atom stereocenters. The number of carbonyl (C=O) groups is 4. The molecule has 0 aliphatic rings. The highest BCUT2D eigenvalue weighted by Gasteiger charge is 2.57. The number of hydrogen-bond acceptors (Lipinski definition) is 14. The summed E-state index contributed by atoms with van der Waals surface area (Å²) in [5.41, 5.74) is 12.8. The number of ether oxygens (including phenoxy) is 6. The number of rotatable bonds is 25. The third-order valence-electron chi connectivity index (χ3n) is 11.2. The monoisotopic (exact) mass is 1090 g/mol. The number of nitrogen functional groups attached to an aromatic ring is 2. The lowest BCUT2D eigenvalue weighted by Gasteiger charge is -2.26. The maximum Gasteiger partial charge on any atom is 0.453 e. The molecule has 0 aliphatic carbocycles. The molecule has 0 aliphatic heterocycles. The van der Waals surface area contributed by atoms with Gasteiger partial charge >= 0.3 is 36.1 Å². The maximum atomic E-state index is 13.5. The van der Waals surface area contributed by atoms with Gasteiger partial charge in [0.1, 0.15) is 23.7 Å². The van der Waals surface area contributed by atoms with Crippen LogP contribution in [-0.4, -0.2) is 97.6 Å². The van der Waals surface area contributed by atoms with Crippen molar-refractivity contribution >= 4 is 47.0 Å². The molecule has 0 amide bonds. The van der Waals surface area contributed by atoms with Crippen LogP contribution in [0.4, 0.5) is 55.3 Å². The van der Waals surface area contributed by atoms with Crippen molar-refractivity contribution in [3.05, 3.63) is 143 Å². The van der Waals surface area contributed by atoms with Crippen molar-refractivity contribution in [1.29, 1.82) is 0 Å². The third kappa shape index (κ3) is 16.2. The highest BCUT2D eigenvalue weighted by Crippen LogP contribution is 2.41. The number of esters is 2. The Morgan fingerprint density at radius 1 is 0.532 bits per heavy atom. The molecule has 0 radical (unpaired) electrons. The van der Waals surface area contributed by atoms with Crippen molar-refractivity contribution < 1.29 is 102 Å². The van der Waals surface area contributed by atoms with E-state index in [1.807, 2.05) is 0 Å². The number of ketones is 2. The van der Waals surface area contributed by atoms with Gasteiger partial charge in [-0.25, -0.2) is 9.59 Å². The molecule has 2 unspecified atom stereocenters. The van der Waals surface area contributed by atoms with Crippen molar-refractivity contribution in [2.75, 3.05) is 38.9 Å². The molecule has 6 N–H and O–H groups in total. The first-order chi connectivity index (χ1) is 36.1. The Kier molecular flexibility index (Phi) is 19.9. The first kappa shape index (κ1) is 59.8. The summed E-state index contributed by atoms with van der Waals surface area (Å²) in [6, 6.07) is 22.7. The number of carbonyl (C=O) groups excluding carboxylic acids is 4. The minimum absolute atomic E-state index is 0.0130. The summed E-state index contributed by atoms with van der Waals surface area (Å²) in [5.74, 6) is -15.1. The minimum atomic E-state index is -5.70. The standard InChI is InChI=1S/C53H48F10N2O12/c1-72-43-27-32(11-21-41(43)74-25-3-23-50(54,55)52(58,59)60)48(70)76-35-14-5-30(6-15-35)9-19-39(66)46(68)45(37-18-13-34(64)29-38(37)65)47(69)40(67)20-10-31-7-16-36(17-8-31)77-49(71)33-12-22-42(44(28-33)73-2)75-26-4-24-51(56,57)53(61,62)63/h5-22,27-29,45-47,68-69H,3-4,23-26,64-65H2,1-2H3/b19-9+,20-10+. The molecule has 5 rings (SSSR count). The fraction of sp³-hybridized carbons (Fsp3) is 0.283. The van der Waals surface area contributed by atoms with E-state index in [1.165, 1.54) is 129 Å². The number of halogens is 10. The minimum Gasteiger partial charge on any atom is -0.493 e. The number of anilines is 2. The van der Waals surface area contributed by atoms with Crippen molar-refractivity contribution in [2.45, 2.75) is 68.0 Å². The molecule has 0 bridgehead atoms. The molecular weight excluding hydrogens is 1050 g/mol. The van der Waals surface area contributed by atoms with Gasteiger partial charge in [0, 0.05) is 24.2 Å². The van der Waals surface area contributed by atoms with E-state index in [4.69, 9.17) is 39.9 Å². The summed E-state index contributed by atoms with van der Waals surface area (Å²) in [6.45, 7) is -1.02. The number of nitrogens with two attached hydrogens (primary N) is 2. The molecule has 24 heteroatoms. The fourth-order valence-electron chi connectivity index (χ4n) is 7.01. The second-order valence-electron chi connectivity index (χ2n) is 16.7. The Morgan fingerprint density at radius 3 is 1.27 bits per heavy atom. The van der Waals surface area contributed by atoms with Crippen LogP contribution in [0.3, 0.4) is 0 Å². The lowest BCUT2D eigenvalue weighted by Crippen LogP contribution is -2.39. The first-order valence-electron chi connectivity index (χ1n) is 22.7. The van der Waals surface area contributed by atoms with Gasteiger partial charge in [-0.1, -0.05) is 42.5 Å². The molecule has 0 heterocycles. The molecule has 0 spiro atoms. The third-order valence-corrected chi connectivity index (χ3v) is 11.2. The van der Waals surface area contributed by atoms with Crippen molar-refractivity contribution in [2.24, 2.45) is 0 Å². The van der Waals surface area contributed by atoms with Crippen LogP contribution in [0.1, 0.15) is 69.0 Å². The van der Waals surface area contributed by atoms with Gasteiger partial charge in [0.15, 0.2) is 34.6 Å². The van der Waals surface area contributed by atoms with Crippen LogP contribution in [0.25, 0.3) is 12.2 Å². The Bertz CT molecular complexity index is 2760. The van der Waals surface area contributed by atoms with Gasteiger partial charge in [0.05, 0.1) is 44.5 Å². The summed E-state index contributed by atoms with van der Waals surface area (Å²) in [5, 5.41) is 22.7. The Labute approximate surface area is 432 Å². The second kappa shape index (κ2) is 25.6. The molecule has 0 aromatic heterocycles. The zero-order chi connectivity index (χ0) is 56.9. The van der Waals surface area contributed by atoms with Gasteiger partial charge in [-0.3, -0.25) is 9.59 Å². The van der Waals surface area contributed by atoms with E-state index >= 15 is 0 Å². The average Bonchev–Trinajstić information content (AvgIpc) is 3.38. The van der Waals surface area contributed by atoms with E-state index in [0.29, 0.717) is 11.1 Å². The van der Waals surface area contributed by atoms with E-state index in [2.05, 4.69) is 0 Å². The predicted octanol–water partition coefficient (Wildman–Crippen LogP) is 10.4. The van der Waals surface area contributed by atoms with Gasteiger partial charge in [0.2, 0.25) is 0 Å². The smallest absolute Gasteiger partial charge is 0.453 e. The van der Waals surface area contributed by atoms with Crippen LogP contribution in [0.5, 0.6) is 34.5 Å². The zero-order valence-corrected chi connectivity index (χ0v) is 40.5. The van der Waals surface area contributed by atoms with Crippen LogP contribution < -0.4 is 39.9 Å². The molecule has 14 nitrogen and oxygen atoms in total. The van der Waals surface area contributed by atoms with Gasteiger partial charge in [0.25, 0.3) is 0 Å². The van der Waals surface area contributed by atoms with Gasteiger partial charge in [-0.2, -0.15) is 43.9 Å². The molecule has 77 heavy (non-hydrogen) atoms. The zero-order valence-electron chi connectivity index (χ0n) is 40.5. The summed E-state index contributed by atoms with van der Waals surface area (Å²) >= 11 is 0. The summed E-state index contributed by atoms with van der Waals surface area (Å²) < 4.78 is 159. The highest BCUT2D eigenvalue weighted by molar-refractivity contribution is 6.01. The largest absolute Gasteiger partial charge is 0.493 e. The fourth-order valence-corrected chi connectivity index (χ4v) is 7.01. The molecule has 412 valence electrons. The molecule has 0 saturated heterocycles. The van der Waals surface area contributed by atoms with E-state index in [0.717, 1.165) is 12.2 Å². The number of aliphatic hydroxyl groups excluding tert-OH is 2. The van der Waals surface area contributed by atoms with Crippen LogP contribution in [0.15, 0.2) is 115 Å². The Morgan fingerprint density at radius 2 is 0.922 bits per heavy atom. The second-order valence-corrected chi connectivity index (χ2v) is 16.7. The van der Waals surface area contributed by atoms with E-state index in [1.54, 1.807) is 0 Å². The SMILES string of the molecule is COc1cc(C(=O)Oc2ccc(/C=C/C(=O)C(O)C(c3ccc(N)cc3N)C(O)C(=O)/C=C/c3ccc(OC(=O)c4ccc(OCCCC(F)(F)C(F)(F)F)c(OC)c4)cc3)cc2)ccc1OCCCC(F)(F)C(F)(F)F. The Hall–Kier alpha value is -8.12. The number of hydrogen-bond donors (Lipinski definition) is 4. The lowest BCUT2D eigenvalue weighted by atomic mass is 9.83. The van der Waals surface area contributed by atoms with Crippen molar-refractivity contribution in [1.82, 2.24) is 0 Å². The number of aliphatic hydroxyl groups is 2. The maximum absolute atomic E-state index is 13.5. The van der Waals surface area contributed by atoms with Gasteiger partial charge in [-0.05, 0) is 114 Å². The molecular formula is C53H48F10N2O12. The summed E-state index contributed by atoms with van der Waals surface area (Å²) in [6.07, 6.45) is -15.2. The highest BCUT2D eigenvalue weighted by atomic mass is 19.4. The van der Waals surface area contributed by atoms with E-state index in [9.17, 15) is 73.3 Å². The van der Waals surface area contributed by atoms with Crippen LogP contribution in [0, 0.1) is 0 Å². The summed E-state index contributed by atoms with van der Waals surface area (Å²) in [4.78, 5) is 52.8. The van der Waals surface area contributed by atoms with Crippen LogP contribution in [0.2, 0.25) is 0 Å². The quantitative estimate of drug-likeness (QED) is 0.0107. The van der Waals surface area contributed by atoms with E-state index < -0.39 is 105 Å². The topological polar surface area (TPSA) is 216 Å². The normalized spacial score (nSPS) is 13.4. The number of methoxy groups -OCH3 is 2. The molecule has 0 saturated carbocycles. The van der Waals surface area contributed by atoms with Crippen molar-refractivity contribution in [3.63, 3.8) is 0 Å². The number of alkyl halides is 10. The van der Waals surface area contributed by atoms with E-state index in [-0.39, 0.29) is 62.6 Å². The van der Waals surface area contributed by atoms with Crippen LogP contribution >= 0.6 is 0 Å². The molecule has 5 aromatic rings. The Balaban J connectivity index is 1.18. The van der Waals surface area contributed by atoms with Gasteiger partial charge < -0.3 is 50.1 Å². The summed E-state index contributed by atoms with van der Waals surface area (Å²) in [7, 11) is 2.42. The average molecular weight is 1090 g/mol. The lowest BCUT2D eigenvalue weighted by molar-refractivity contribution is -0.284. The number of benzene rings is 5. The van der Waals surface area contributed by atoms with Crippen LogP contribution in [-0.2, 0) is 9.59 Å².